The van der Waals surface area contributed by atoms with Gasteiger partial charge in [0.05, 0.1) is 17.6 Å². The first-order chi connectivity index (χ1) is 14.9. The lowest BCUT2D eigenvalue weighted by Crippen LogP contribution is -2.02. The normalized spacial score (nSPS) is 10.3. The van der Waals surface area contributed by atoms with Gasteiger partial charge in [-0.15, -0.1) is 0 Å². The van der Waals surface area contributed by atoms with E-state index in [1.165, 1.54) is 30.3 Å². The quantitative estimate of drug-likeness (QED) is 0.231. The van der Waals surface area contributed by atoms with Crippen LogP contribution in [0, 0.1) is 39.7 Å². The molecule has 0 aliphatic rings. The third-order valence-electron chi connectivity index (χ3n) is 3.88. The third-order valence-corrected chi connectivity index (χ3v) is 3.88. The molecule has 1 heterocycles. The lowest BCUT2D eigenvalue weighted by molar-refractivity contribution is -0.384. The van der Waals surface area contributed by atoms with Gasteiger partial charge in [-0.3, -0.25) is 10.1 Å². The summed E-state index contributed by atoms with van der Waals surface area (Å²) in [7, 11) is 0. The molecule has 2 aromatic carbocycles. The fraction of sp³-hybridized carbons (Fsp3) is 0. The second kappa shape index (κ2) is 9.11. The van der Waals surface area contributed by atoms with Crippen molar-refractivity contribution in [3.8, 4) is 17.7 Å². The van der Waals surface area contributed by atoms with Crippen molar-refractivity contribution >= 4 is 29.0 Å². The number of aromatic nitrogens is 1. The van der Waals surface area contributed by atoms with Crippen molar-refractivity contribution in [2.24, 2.45) is 0 Å². The molecule has 1 N–H and O–H groups in total. The number of nitriles is 1. The Bertz CT molecular complexity index is 1240. The van der Waals surface area contributed by atoms with Gasteiger partial charge in [0, 0.05) is 23.9 Å². The Hall–Kier alpha value is -4.83. The summed E-state index contributed by atoms with van der Waals surface area (Å²) in [4.78, 5) is 17.8. The van der Waals surface area contributed by atoms with E-state index in [1.54, 1.807) is 6.07 Å². The van der Waals surface area contributed by atoms with Crippen LogP contribution >= 0.6 is 0 Å². The number of benzene rings is 2. The van der Waals surface area contributed by atoms with Gasteiger partial charge in [-0.2, -0.15) is 10.2 Å². The van der Waals surface area contributed by atoms with E-state index >= 15 is 0 Å². The number of halogens is 2. The van der Waals surface area contributed by atoms with Crippen molar-refractivity contribution in [1.29, 1.82) is 5.26 Å². The maximum Gasteiger partial charge on any atom is 0.311 e. The molecule has 0 unspecified atom stereocenters. The standard InChI is InChI=1S/C21H11F2N5O3/c1-25-14-4-6-15(7-5-14)26-21-18(28(29)30)8-9-19(27-21)31-20-16(22)11-13(3-2-10-24)12-17(20)23/h2-9,11-12H,(H,26,27)/b3-2+. The highest BCUT2D eigenvalue weighted by atomic mass is 19.1. The summed E-state index contributed by atoms with van der Waals surface area (Å²) in [5, 5.41) is 22.6. The van der Waals surface area contributed by atoms with Gasteiger partial charge in [0.15, 0.2) is 17.3 Å². The van der Waals surface area contributed by atoms with E-state index < -0.39 is 22.3 Å². The summed E-state index contributed by atoms with van der Waals surface area (Å²) in [5.74, 6) is -3.33. The molecule has 0 bridgehead atoms. The highest BCUT2D eigenvalue weighted by Crippen LogP contribution is 2.33. The second-order valence-electron chi connectivity index (χ2n) is 5.94. The van der Waals surface area contributed by atoms with Crippen LogP contribution in [0.2, 0.25) is 0 Å². The average Bonchev–Trinajstić information content (AvgIpc) is 2.75. The molecule has 0 fully saturated rings. The number of hydrogen-bond donors (Lipinski definition) is 1. The molecule has 0 atom stereocenters. The molecule has 0 aliphatic carbocycles. The van der Waals surface area contributed by atoms with E-state index in [1.807, 2.05) is 0 Å². The highest BCUT2D eigenvalue weighted by molar-refractivity contribution is 5.67. The summed E-state index contributed by atoms with van der Waals surface area (Å²) in [6, 6.07) is 11.9. The van der Waals surface area contributed by atoms with Gasteiger partial charge in [0.1, 0.15) is 0 Å². The Kier molecular flexibility index (Phi) is 6.14. The van der Waals surface area contributed by atoms with Crippen LogP contribution in [0.25, 0.3) is 10.9 Å². The van der Waals surface area contributed by atoms with Crippen molar-refractivity contribution < 1.29 is 18.4 Å². The van der Waals surface area contributed by atoms with E-state index in [9.17, 15) is 18.9 Å². The van der Waals surface area contributed by atoms with Gasteiger partial charge >= 0.3 is 5.69 Å². The van der Waals surface area contributed by atoms with Crippen LogP contribution in [-0.2, 0) is 0 Å². The van der Waals surface area contributed by atoms with Crippen molar-refractivity contribution in [1.82, 2.24) is 4.98 Å². The number of rotatable bonds is 6. The Morgan fingerprint density at radius 2 is 1.87 bits per heavy atom. The molecule has 3 rings (SSSR count). The van der Waals surface area contributed by atoms with E-state index in [0.29, 0.717) is 11.4 Å². The van der Waals surface area contributed by atoms with Crippen molar-refractivity contribution in [3.63, 3.8) is 0 Å². The second-order valence-corrected chi connectivity index (χ2v) is 5.94. The lowest BCUT2D eigenvalue weighted by atomic mass is 10.2. The topological polar surface area (TPSA) is 105 Å². The minimum Gasteiger partial charge on any atom is -0.433 e. The minimum atomic E-state index is -1.04. The molecule has 8 nitrogen and oxygen atoms in total. The van der Waals surface area contributed by atoms with E-state index in [-0.39, 0.29) is 22.9 Å². The lowest BCUT2D eigenvalue weighted by Gasteiger charge is -2.11. The zero-order valence-electron chi connectivity index (χ0n) is 15.5. The smallest absolute Gasteiger partial charge is 0.311 e. The number of nitrogens with one attached hydrogen (secondary N) is 1. The first kappa shape index (κ1) is 20.9. The van der Waals surface area contributed by atoms with Crippen molar-refractivity contribution in [2.75, 3.05) is 5.32 Å². The summed E-state index contributed by atoms with van der Waals surface area (Å²) in [6.07, 6.45) is 2.29. The van der Waals surface area contributed by atoms with Crippen LogP contribution in [0.15, 0.2) is 54.6 Å². The first-order valence-corrected chi connectivity index (χ1v) is 8.54. The molecule has 0 saturated carbocycles. The maximum atomic E-state index is 14.3. The van der Waals surface area contributed by atoms with Crippen molar-refractivity contribution in [3.05, 3.63) is 93.3 Å². The minimum absolute atomic E-state index is 0.116. The molecule has 3 aromatic rings. The monoisotopic (exact) mass is 419 g/mol. The van der Waals surface area contributed by atoms with Crippen LogP contribution in [0.4, 0.5) is 31.7 Å². The van der Waals surface area contributed by atoms with Gasteiger partial charge in [-0.25, -0.2) is 13.6 Å². The Labute approximate surface area is 174 Å². The third kappa shape index (κ3) is 4.96. The van der Waals surface area contributed by atoms with Gasteiger partial charge in [-0.05, 0) is 35.9 Å². The predicted octanol–water partition coefficient (Wildman–Crippen LogP) is 5.89. The molecular weight excluding hydrogens is 408 g/mol. The molecule has 0 spiro atoms. The molecule has 0 aliphatic heterocycles. The molecule has 0 radical (unpaired) electrons. The van der Waals surface area contributed by atoms with Gasteiger partial charge in [0.2, 0.25) is 17.4 Å². The maximum absolute atomic E-state index is 14.3. The predicted molar refractivity (Wildman–Crippen MR) is 108 cm³/mol. The molecule has 1 aromatic heterocycles. The summed E-state index contributed by atoms with van der Waals surface area (Å²) < 4.78 is 33.8. The van der Waals surface area contributed by atoms with Crippen molar-refractivity contribution in [2.45, 2.75) is 0 Å². The van der Waals surface area contributed by atoms with E-state index in [4.69, 9.17) is 16.6 Å². The van der Waals surface area contributed by atoms with E-state index in [2.05, 4.69) is 15.1 Å². The van der Waals surface area contributed by atoms with Crippen LogP contribution in [0.5, 0.6) is 11.6 Å². The number of nitrogens with zero attached hydrogens (tertiary/aromatic N) is 4. The van der Waals surface area contributed by atoms with Crippen LogP contribution in [0.3, 0.4) is 0 Å². The van der Waals surface area contributed by atoms with E-state index in [0.717, 1.165) is 30.3 Å². The first-order valence-electron chi connectivity index (χ1n) is 8.54. The van der Waals surface area contributed by atoms with Crippen LogP contribution in [0.1, 0.15) is 5.56 Å². The number of anilines is 2. The SMILES string of the molecule is [C-]#[N+]c1ccc(Nc2nc(Oc3c(F)cc(/C=C/C#N)cc3F)ccc2[N+](=O)[O-])cc1. The summed E-state index contributed by atoms with van der Waals surface area (Å²) >= 11 is 0. The molecular formula is C21H11F2N5O3. The zero-order chi connectivity index (χ0) is 22.4. The molecule has 10 heteroatoms. The zero-order valence-corrected chi connectivity index (χ0v) is 15.5. The van der Waals surface area contributed by atoms with Gasteiger partial charge in [0.25, 0.3) is 0 Å². The largest absolute Gasteiger partial charge is 0.433 e. The van der Waals surface area contributed by atoms with Gasteiger partial charge < -0.3 is 10.1 Å². The fourth-order valence-electron chi connectivity index (χ4n) is 2.50. The Morgan fingerprint density at radius 1 is 1.19 bits per heavy atom. The number of allylic oxidation sites excluding steroid dienone is 1. The molecule has 152 valence electrons. The number of ether oxygens (including phenoxy) is 1. The molecule has 31 heavy (non-hydrogen) atoms. The van der Waals surface area contributed by atoms with Gasteiger partial charge in [-0.1, -0.05) is 12.1 Å². The number of pyridine rings is 1. The summed E-state index contributed by atoms with van der Waals surface area (Å²) in [6.45, 7) is 6.95. The van der Waals surface area contributed by atoms with Crippen LogP contribution in [-0.4, -0.2) is 9.91 Å². The van der Waals surface area contributed by atoms with Crippen LogP contribution < -0.4 is 10.1 Å². The molecule has 0 amide bonds. The fourth-order valence-corrected chi connectivity index (χ4v) is 2.50. The Morgan fingerprint density at radius 3 is 2.45 bits per heavy atom. The Balaban J connectivity index is 1.93. The number of hydrogen-bond acceptors (Lipinski definition) is 6. The molecule has 0 saturated heterocycles. The summed E-state index contributed by atoms with van der Waals surface area (Å²) in [5.41, 5.74) is 0.514. The highest BCUT2D eigenvalue weighted by Gasteiger charge is 2.19. The average molecular weight is 419 g/mol. The number of nitro groups is 1.